The molecule has 1 aromatic carbocycles. The number of carboxylic acid groups (broad SMARTS) is 1. The lowest BCUT2D eigenvalue weighted by Gasteiger charge is -2.15. The van der Waals surface area contributed by atoms with Gasteiger partial charge in [0, 0.05) is 7.14 Å². The minimum atomic E-state index is -1.10. The zero-order valence-electron chi connectivity index (χ0n) is 10.1. The molecule has 0 saturated carbocycles. The number of hydrogen-bond donors (Lipinski definition) is 1. The molecule has 0 saturated heterocycles. The first-order chi connectivity index (χ1) is 8.32. The molecule has 98 valence electrons. The number of carboxylic acids is 1. The Hall–Kier alpha value is -0.380. The fraction of sp³-hybridized carbons (Fsp3) is 0.333. The van der Waals surface area contributed by atoms with Gasteiger partial charge in [0.1, 0.15) is 0 Å². The van der Waals surface area contributed by atoms with Crippen molar-refractivity contribution < 1.29 is 19.4 Å². The van der Waals surface area contributed by atoms with Crippen LogP contribution >= 0.6 is 45.2 Å². The van der Waals surface area contributed by atoms with E-state index in [1.807, 2.05) is 0 Å². The van der Waals surface area contributed by atoms with Gasteiger partial charge in [0.2, 0.25) is 0 Å². The highest BCUT2D eigenvalue weighted by Crippen LogP contribution is 2.30. The highest BCUT2D eigenvalue weighted by molar-refractivity contribution is 14.1. The SMILES string of the molecule is CCOC(=O)c1c(C)c(I)c(I)c(C)c1C(=O)O. The second-order valence-corrected chi connectivity index (χ2v) is 5.81. The molecule has 0 aliphatic rings. The number of halogens is 2. The lowest BCUT2D eigenvalue weighted by Crippen LogP contribution is -2.17. The van der Waals surface area contributed by atoms with Gasteiger partial charge in [0.25, 0.3) is 0 Å². The third-order valence-corrected chi connectivity index (χ3v) is 6.27. The number of rotatable bonds is 3. The van der Waals surface area contributed by atoms with Crippen LogP contribution in [0.1, 0.15) is 38.8 Å². The lowest BCUT2D eigenvalue weighted by atomic mass is 9.97. The summed E-state index contributed by atoms with van der Waals surface area (Å²) in [4.78, 5) is 23.3. The van der Waals surface area contributed by atoms with Crippen LogP contribution < -0.4 is 0 Å². The number of aromatic carboxylic acids is 1. The van der Waals surface area contributed by atoms with Crippen molar-refractivity contribution in [1.29, 1.82) is 0 Å². The molecule has 4 nitrogen and oxygen atoms in total. The normalized spacial score (nSPS) is 10.3. The molecule has 1 N–H and O–H groups in total. The Morgan fingerprint density at radius 2 is 1.56 bits per heavy atom. The highest BCUT2D eigenvalue weighted by atomic mass is 127. The first-order valence-electron chi connectivity index (χ1n) is 5.21. The largest absolute Gasteiger partial charge is 0.478 e. The molecule has 0 aliphatic heterocycles. The summed E-state index contributed by atoms with van der Waals surface area (Å²) in [7, 11) is 0. The minimum absolute atomic E-state index is 0.0377. The van der Waals surface area contributed by atoms with Crippen molar-refractivity contribution in [2.24, 2.45) is 0 Å². The van der Waals surface area contributed by atoms with Gasteiger partial charge in [0.05, 0.1) is 17.7 Å². The maximum atomic E-state index is 11.9. The number of benzene rings is 1. The van der Waals surface area contributed by atoms with Crippen molar-refractivity contribution in [3.8, 4) is 0 Å². The number of carbonyl (C=O) groups excluding carboxylic acids is 1. The van der Waals surface area contributed by atoms with Crippen LogP contribution in [0.25, 0.3) is 0 Å². The Morgan fingerprint density at radius 3 is 1.94 bits per heavy atom. The average Bonchev–Trinajstić information content (AvgIpc) is 2.30. The number of ether oxygens (including phenoxy) is 1. The quantitative estimate of drug-likeness (QED) is 0.540. The molecular weight excluding hydrogens is 462 g/mol. The fourth-order valence-corrected chi connectivity index (χ4v) is 3.00. The van der Waals surface area contributed by atoms with Gasteiger partial charge < -0.3 is 9.84 Å². The molecule has 0 radical (unpaired) electrons. The summed E-state index contributed by atoms with van der Waals surface area (Å²) in [6, 6.07) is 0. The van der Waals surface area contributed by atoms with Gasteiger partial charge in [-0.3, -0.25) is 0 Å². The molecular formula is C12H12I2O4. The van der Waals surface area contributed by atoms with Crippen LogP contribution in [0.5, 0.6) is 0 Å². The lowest BCUT2D eigenvalue weighted by molar-refractivity contribution is 0.0513. The predicted octanol–water partition coefficient (Wildman–Crippen LogP) is 3.39. The van der Waals surface area contributed by atoms with E-state index < -0.39 is 11.9 Å². The van der Waals surface area contributed by atoms with Crippen LogP contribution in [0, 0.1) is 21.0 Å². The zero-order valence-corrected chi connectivity index (χ0v) is 14.4. The maximum Gasteiger partial charge on any atom is 0.339 e. The monoisotopic (exact) mass is 474 g/mol. The van der Waals surface area contributed by atoms with E-state index in [0.29, 0.717) is 11.1 Å². The van der Waals surface area contributed by atoms with Gasteiger partial charge in [0.15, 0.2) is 0 Å². The molecule has 18 heavy (non-hydrogen) atoms. The van der Waals surface area contributed by atoms with Crippen molar-refractivity contribution in [2.45, 2.75) is 20.8 Å². The van der Waals surface area contributed by atoms with E-state index in [1.165, 1.54) is 0 Å². The Balaban J connectivity index is 3.67. The Labute approximate surface area is 132 Å². The second kappa shape index (κ2) is 6.18. The third-order valence-electron chi connectivity index (χ3n) is 2.54. The number of esters is 1. The van der Waals surface area contributed by atoms with E-state index >= 15 is 0 Å². The molecule has 0 amide bonds. The van der Waals surface area contributed by atoms with E-state index in [0.717, 1.165) is 7.14 Å². The molecule has 0 atom stereocenters. The topological polar surface area (TPSA) is 63.6 Å². The first-order valence-corrected chi connectivity index (χ1v) is 7.37. The van der Waals surface area contributed by atoms with Crippen molar-refractivity contribution >= 4 is 57.1 Å². The van der Waals surface area contributed by atoms with Crippen LogP contribution in [0.4, 0.5) is 0 Å². The Kier molecular flexibility index (Phi) is 5.38. The summed E-state index contributed by atoms with van der Waals surface area (Å²) in [5.74, 6) is -1.68. The summed E-state index contributed by atoms with van der Waals surface area (Å²) in [6.45, 7) is 5.36. The Morgan fingerprint density at radius 1 is 1.11 bits per heavy atom. The van der Waals surface area contributed by atoms with E-state index in [2.05, 4.69) is 45.2 Å². The van der Waals surface area contributed by atoms with Crippen LogP contribution in [0.3, 0.4) is 0 Å². The fourth-order valence-electron chi connectivity index (χ4n) is 1.65. The number of hydrogen-bond acceptors (Lipinski definition) is 3. The van der Waals surface area contributed by atoms with E-state index in [-0.39, 0.29) is 17.7 Å². The van der Waals surface area contributed by atoms with Crippen molar-refractivity contribution in [3.63, 3.8) is 0 Å². The average molecular weight is 474 g/mol. The second-order valence-electron chi connectivity index (χ2n) is 3.65. The molecule has 0 aliphatic carbocycles. The highest BCUT2D eigenvalue weighted by Gasteiger charge is 2.26. The van der Waals surface area contributed by atoms with Gasteiger partial charge in [-0.25, -0.2) is 9.59 Å². The van der Waals surface area contributed by atoms with E-state index in [4.69, 9.17) is 4.74 Å². The van der Waals surface area contributed by atoms with Crippen LogP contribution in [0.15, 0.2) is 0 Å². The molecule has 0 spiro atoms. The maximum absolute atomic E-state index is 11.9. The summed E-state index contributed by atoms with van der Waals surface area (Å²) in [6.07, 6.45) is 0. The number of carbonyl (C=O) groups is 2. The molecule has 6 heteroatoms. The molecule has 1 aromatic rings. The molecule has 0 unspecified atom stereocenters. The standard InChI is InChI=1S/C12H12I2O4/c1-4-18-12(17)8-6(3)10(14)9(13)5(2)7(8)11(15)16/h4H2,1-3H3,(H,15,16). The van der Waals surface area contributed by atoms with Crippen LogP contribution in [0.2, 0.25) is 0 Å². The molecule has 0 aromatic heterocycles. The van der Waals surface area contributed by atoms with Gasteiger partial charge in [-0.2, -0.15) is 0 Å². The summed E-state index contributed by atoms with van der Waals surface area (Å²) in [5.41, 5.74) is 1.45. The van der Waals surface area contributed by atoms with Gasteiger partial charge >= 0.3 is 11.9 Å². The summed E-state index contributed by atoms with van der Waals surface area (Å²) in [5, 5.41) is 9.29. The summed E-state index contributed by atoms with van der Waals surface area (Å²) < 4.78 is 6.69. The van der Waals surface area contributed by atoms with Gasteiger partial charge in [-0.1, -0.05) is 0 Å². The smallest absolute Gasteiger partial charge is 0.339 e. The van der Waals surface area contributed by atoms with Crippen LogP contribution in [-0.4, -0.2) is 23.7 Å². The molecule has 0 heterocycles. The molecule has 0 bridgehead atoms. The van der Waals surface area contributed by atoms with E-state index in [1.54, 1.807) is 20.8 Å². The minimum Gasteiger partial charge on any atom is -0.478 e. The van der Waals surface area contributed by atoms with Crippen molar-refractivity contribution in [3.05, 3.63) is 29.4 Å². The van der Waals surface area contributed by atoms with Gasteiger partial charge in [-0.15, -0.1) is 0 Å². The van der Waals surface area contributed by atoms with E-state index in [9.17, 15) is 14.7 Å². The van der Waals surface area contributed by atoms with Crippen molar-refractivity contribution in [1.82, 2.24) is 0 Å². The Bertz CT molecular complexity index is 524. The van der Waals surface area contributed by atoms with Crippen LogP contribution in [-0.2, 0) is 4.74 Å². The third kappa shape index (κ3) is 2.79. The van der Waals surface area contributed by atoms with Crippen molar-refractivity contribution in [2.75, 3.05) is 6.61 Å². The summed E-state index contributed by atoms with van der Waals surface area (Å²) >= 11 is 4.21. The first kappa shape index (κ1) is 15.7. The molecule has 0 fully saturated rings. The zero-order chi connectivity index (χ0) is 14.0. The van der Waals surface area contributed by atoms with Gasteiger partial charge in [-0.05, 0) is 77.1 Å². The molecule has 1 rings (SSSR count). The predicted molar refractivity (Wildman–Crippen MR) is 84.3 cm³/mol.